The van der Waals surface area contributed by atoms with Crippen LogP contribution in [0, 0.1) is 0 Å². The van der Waals surface area contributed by atoms with E-state index in [0.29, 0.717) is 6.04 Å². The van der Waals surface area contributed by atoms with Crippen LogP contribution in [0.5, 0.6) is 0 Å². The Kier molecular flexibility index (Phi) is 8.30. The minimum atomic E-state index is 0. The molecule has 0 amide bonds. The average Bonchev–Trinajstić information content (AvgIpc) is 2.44. The molecule has 0 saturated heterocycles. The second kappa shape index (κ2) is 9.45. The third-order valence-electron chi connectivity index (χ3n) is 3.52. The summed E-state index contributed by atoms with van der Waals surface area (Å²) in [7, 11) is 1.82. The first kappa shape index (κ1) is 17.6. The van der Waals surface area contributed by atoms with E-state index in [2.05, 4.69) is 21.7 Å². The molecule has 1 aromatic carbocycles. The lowest BCUT2D eigenvalue weighted by Crippen LogP contribution is -2.43. The maximum absolute atomic E-state index is 5.98. The number of nitrogens with zero attached hydrogens (tertiary/aromatic N) is 1. The fraction of sp³-hybridized carbons (Fsp3) is 0.533. The summed E-state index contributed by atoms with van der Waals surface area (Å²) in [4.78, 5) is 4.28. The highest BCUT2D eigenvalue weighted by Crippen LogP contribution is 2.17. The van der Waals surface area contributed by atoms with Gasteiger partial charge in [0.25, 0.3) is 0 Å². The number of hydrogen-bond acceptors (Lipinski definition) is 1. The van der Waals surface area contributed by atoms with Crippen LogP contribution in [0.2, 0.25) is 5.02 Å². The lowest BCUT2D eigenvalue weighted by molar-refractivity contribution is 0.410. The molecule has 1 aliphatic rings. The van der Waals surface area contributed by atoms with Gasteiger partial charge in [-0.15, -0.1) is 24.0 Å². The molecule has 0 unspecified atom stereocenters. The van der Waals surface area contributed by atoms with E-state index in [1.54, 1.807) is 0 Å². The molecule has 0 aromatic heterocycles. The van der Waals surface area contributed by atoms with Crippen molar-refractivity contribution >= 4 is 41.5 Å². The SMILES string of the molecule is CN=C(NCc1cccc(Cl)c1)NC1CCCCC1.I. The molecule has 20 heavy (non-hydrogen) atoms. The summed E-state index contributed by atoms with van der Waals surface area (Å²) in [6, 6.07) is 8.46. The highest BCUT2D eigenvalue weighted by atomic mass is 127. The van der Waals surface area contributed by atoms with Gasteiger partial charge < -0.3 is 10.6 Å². The summed E-state index contributed by atoms with van der Waals surface area (Å²) in [6.07, 6.45) is 6.51. The van der Waals surface area contributed by atoms with Crippen molar-refractivity contribution in [1.29, 1.82) is 0 Å². The zero-order valence-electron chi connectivity index (χ0n) is 11.9. The van der Waals surface area contributed by atoms with E-state index < -0.39 is 0 Å². The quantitative estimate of drug-likeness (QED) is 0.452. The third kappa shape index (κ3) is 5.87. The van der Waals surface area contributed by atoms with Crippen molar-refractivity contribution in [2.75, 3.05) is 7.05 Å². The van der Waals surface area contributed by atoms with E-state index in [-0.39, 0.29) is 24.0 Å². The zero-order valence-corrected chi connectivity index (χ0v) is 14.9. The maximum Gasteiger partial charge on any atom is 0.191 e. The Balaban J connectivity index is 0.00000200. The van der Waals surface area contributed by atoms with Crippen LogP contribution in [-0.4, -0.2) is 19.0 Å². The third-order valence-corrected chi connectivity index (χ3v) is 3.75. The molecular weight excluding hydrogens is 385 g/mol. The van der Waals surface area contributed by atoms with Crippen LogP contribution in [0.4, 0.5) is 0 Å². The van der Waals surface area contributed by atoms with Gasteiger partial charge in [0.1, 0.15) is 0 Å². The molecule has 1 saturated carbocycles. The number of benzene rings is 1. The van der Waals surface area contributed by atoms with Gasteiger partial charge in [-0.25, -0.2) is 0 Å². The molecular formula is C15H23ClIN3. The van der Waals surface area contributed by atoms with E-state index in [1.807, 2.05) is 25.2 Å². The maximum atomic E-state index is 5.98. The topological polar surface area (TPSA) is 36.4 Å². The molecule has 0 radical (unpaired) electrons. The van der Waals surface area contributed by atoms with Gasteiger partial charge in [0.05, 0.1) is 0 Å². The fourth-order valence-electron chi connectivity index (χ4n) is 2.47. The summed E-state index contributed by atoms with van der Waals surface area (Å²) >= 11 is 5.98. The Morgan fingerprint density at radius 2 is 2.05 bits per heavy atom. The van der Waals surface area contributed by atoms with E-state index in [1.165, 1.54) is 37.7 Å². The van der Waals surface area contributed by atoms with E-state index in [0.717, 1.165) is 17.5 Å². The van der Waals surface area contributed by atoms with Crippen molar-refractivity contribution in [2.45, 2.75) is 44.7 Å². The number of rotatable bonds is 3. The first-order valence-electron chi connectivity index (χ1n) is 6.99. The van der Waals surface area contributed by atoms with Crippen LogP contribution in [0.1, 0.15) is 37.7 Å². The highest BCUT2D eigenvalue weighted by Gasteiger charge is 2.14. The molecule has 0 heterocycles. The predicted octanol–water partition coefficient (Wildman–Crippen LogP) is 3.96. The van der Waals surface area contributed by atoms with Crippen LogP contribution >= 0.6 is 35.6 Å². The Bertz CT molecular complexity index is 431. The molecule has 112 valence electrons. The van der Waals surface area contributed by atoms with Gasteiger partial charge in [0.15, 0.2) is 5.96 Å². The molecule has 3 nitrogen and oxygen atoms in total. The van der Waals surface area contributed by atoms with Crippen LogP contribution in [0.3, 0.4) is 0 Å². The smallest absolute Gasteiger partial charge is 0.191 e. The summed E-state index contributed by atoms with van der Waals surface area (Å²) in [5, 5.41) is 7.61. The van der Waals surface area contributed by atoms with Crippen molar-refractivity contribution in [3.63, 3.8) is 0 Å². The minimum absolute atomic E-state index is 0. The molecule has 2 N–H and O–H groups in total. The first-order chi connectivity index (χ1) is 9.28. The number of guanidine groups is 1. The molecule has 0 spiro atoms. The van der Waals surface area contributed by atoms with Crippen LogP contribution in [0.15, 0.2) is 29.3 Å². The average molecular weight is 408 g/mol. The molecule has 1 fully saturated rings. The number of halogens is 2. The Hall–Kier alpha value is -0.490. The largest absolute Gasteiger partial charge is 0.354 e. The molecule has 2 rings (SSSR count). The lowest BCUT2D eigenvalue weighted by Gasteiger charge is -2.24. The number of nitrogens with one attached hydrogen (secondary N) is 2. The summed E-state index contributed by atoms with van der Waals surface area (Å²) in [5.74, 6) is 0.881. The summed E-state index contributed by atoms with van der Waals surface area (Å²) in [5.41, 5.74) is 1.17. The number of hydrogen-bond donors (Lipinski definition) is 2. The molecule has 0 bridgehead atoms. The van der Waals surface area contributed by atoms with Gasteiger partial charge in [-0.2, -0.15) is 0 Å². The molecule has 5 heteroatoms. The Morgan fingerprint density at radius 3 is 2.70 bits per heavy atom. The fourth-order valence-corrected chi connectivity index (χ4v) is 2.68. The van der Waals surface area contributed by atoms with Gasteiger partial charge in [0.2, 0.25) is 0 Å². The van der Waals surface area contributed by atoms with Crippen molar-refractivity contribution in [2.24, 2.45) is 4.99 Å². The normalized spacial score (nSPS) is 16.4. The van der Waals surface area contributed by atoms with Crippen LogP contribution in [-0.2, 0) is 6.54 Å². The summed E-state index contributed by atoms with van der Waals surface area (Å²) in [6.45, 7) is 0.743. The molecule has 0 aliphatic heterocycles. The van der Waals surface area contributed by atoms with Crippen molar-refractivity contribution < 1.29 is 0 Å². The highest BCUT2D eigenvalue weighted by molar-refractivity contribution is 14.0. The monoisotopic (exact) mass is 407 g/mol. The molecule has 1 aliphatic carbocycles. The second-order valence-corrected chi connectivity index (χ2v) is 5.47. The zero-order chi connectivity index (χ0) is 13.5. The van der Waals surface area contributed by atoms with Crippen LogP contribution in [0.25, 0.3) is 0 Å². The van der Waals surface area contributed by atoms with E-state index in [4.69, 9.17) is 11.6 Å². The van der Waals surface area contributed by atoms with Crippen molar-refractivity contribution in [3.05, 3.63) is 34.9 Å². The van der Waals surface area contributed by atoms with Crippen molar-refractivity contribution in [3.8, 4) is 0 Å². The van der Waals surface area contributed by atoms with Gasteiger partial charge in [0, 0.05) is 24.7 Å². The van der Waals surface area contributed by atoms with Gasteiger partial charge in [-0.05, 0) is 30.5 Å². The summed E-state index contributed by atoms with van der Waals surface area (Å²) < 4.78 is 0. The van der Waals surface area contributed by atoms with Crippen LogP contribution < -0.4 is 10.6 Å². The van der Waals surface area contributed by atoms with Gasteiger partial charge in [-0.3, -0.25) is 4.99 Å². The minimum Gasteiger partial charge on any atom is -0.354 e. The second-order valence-electron chi connectivity index (χ2n) is 5.03. The van der Waals surface area contributed by atoms with E-state index in [9.17, 15) is 0 Å². The Labute approximate surface area is 143 Å². The van der Waals surface area contributed by atoms with Gasteiger partial charge >= 0.3 is 0 Å². The first-order valence-corrected chi connectivity index (χ1v) is 7.37. The number of aliphatic imine (C=N–C) groups is 1. The standard InChI is InChI=1S/C15H22ClN3.HI/c1-17-15(19-14-8-3-2-4-9-14)18-11-12-6-5-7-13(16)10-12;/h5-7,10,14H,2-4,8-9,11H2,1H3,(H2,17,18,19);1H. The van der Waals surface area contributed by atoms with Crippen molar-refractivity contribution in [1.82, 2.24) is 10.6 Å². The Morgan fingerprint density at radius 1 is 1.30 bits per heavy atom. The molecule has 1 aromatic rings. The lowest BCUT2D eigenvalue weighted by atomic mass is 9.96. The molecule has 0 atom stereocenters. The predicted molar refractivity (Wildman–Crippen MR) is 97.1 cm³/mol. The van der Waals surface area contributed by atoms with E-state index >= 15 is 0 Å². The van der Waals surface area contributed by atoms with Gasteiger partial charge in [-0.1, -0.05) is 43.0 Å².